The SMILES string of the molecule is CNc1ccncc1C(=O)NC1Cc2ccccc2C1. The largest absolute Gasteiger partial charge is 0.387 e. The van der Waals surface area contributed by atoms with Crippen LogP contribution in [0.15, 0.2) is 42.7 Å². The lowest BCUT2D eigenvalue weighted by Gasteiger charge is -2.14. The van der Waals surface area contributed by atoms with E-state index in [1.54, 1.807) is 25.5 Å². The van der Waals surface area contributed by atoms with E-state index in [2.05, 4.69) is 27.8 Å². The third-order valence-corrected chi connectivity index (χ3v) is 3.72. The molecule has 1 aliphatic rings. The van der Waals surface area contributed by atoms with Crippen LogP contribution in [0.3, 0.4) is 0 Å². The molecule has 1 aliphatic carbocycles. The smallest absolute Gasteiger partial charge is 0.255 e. The van der Waals surface area contributed by atoms with Crippen molar-refractivity contribution in [1.82, 2.24) is 10.3 Å². The molecule has 4 nitrogen and oxygen atoms in total. The molecular weight excluding hydrogens is 250 g/mol. The number of carbonyl (C=O) groups is 1. The highest BCUT2D eigenvalue weighted by Gasteiger charge is 2.23. The van der Waals surface area contributed by atoms with Gasteiger partial charge in [-0.15, -0.1) is 0 Å². The summed E-state index contributed by atoms with van der Waals surface area (Å²) >= 11 is 0. The predicted octanol–water partition coefficient (Wildman–Crippen LogP) is 2.02. The standard InChI is InChI=1S/C16H17N3O/c1-17-15-6-7-18-10-14(15)16(20)19-13-8-11-4-2-3-5-12(11)9-13/h2-7,10,13H,8-9H2,1H3,(H,17,18)(H,19,20). The van der Waals surface area contributed by atoms with Crippen LogP contribution in [0.2, 0.25) is 0 Å². The highest BCUT2D eigenvalue weighted by Crippen LogP contribution is 2.22. The molecule has 1 amide bonds. The molecule has 1 heterocycles. The van der Waals surface area contributed by atoms with Crippen molar-refractivity contribution in [3.63, 3.8) is 0 Å². The van der Waals surface area contributed by atoms with Gasteiger partial charge in [0.25, 0.3) is 5.91 Å². The number of benzene rings is 1. The minimum Gasteiger partial charge on any atom is -0.387 e. The summed E-state index contributed by atoms with van der Waals surface area (Å²) in [4.78, 5) is 16.4. The first-order chi connectivity index (χ1) is 9.78. The number of anilines is 1. The van der Waals surface area contributed by atoms with E-state index < -0.39 is 0 Å². The van der Waals surface area contributed by atoms with E-state index >= 15 is 0 Å². The first-order valence-corrected chi connectivity index (χ1v) is 6.77. The number of aromatic nitrogens is 1. The van der Waals surface area contributed by atoms with Crippen LogP contribution < -0.4 is 10.6 Å². The van der Waals surface area contributed by atoms with E-state index in [1.165, 1.54) is 11.1 Å². The molecule has 0 aliphatic heterocycles. The van der Waals surface area contributed by atoms with Gasteiger partial charge in [0.15, 0.2) is 0 Å². The van der Waals surface area contributed by atoms with E-state index in [-0.39, 0.29) is 11.9 Å². The van der Waals surface area contributed by atoms with Crippen molar-refractivity contribution in [3.05, 3.63) is 59.4 Å². The van der Waals surface area contributed by atoms with Gasteiger partial charge < -0.3 is 10.6 Å². The summed E-state index contributed by atoms with van der Waals surface area (Å²) in [7, 11) is 1.80. The lowest BCUT2D eigenvalue weighted by Crippen LogP contribution is -2.35. The summed E-state index contributed by atoms with van der Waals surface area (Å²) in [5.74, 6) is -0.0692. The average Bonchev–Trinajstić information content (AvgIpc) is 2.89. The van der Waals surface area contributed by atoms with Crippen LogP contribution in [-0.4, -0.2) is 24.0 Å². The Morgan fingerprint density at radius 2 is 1.90 bits per heavy atom. The number of amides is 1. The molecule has 0 bridgehead atoms. The monoisotopic (exact) mass is 267 g/mol. The average molecular weight is 267 g/mol. The van der Waals surface area contributed by atoms with E-state index in [9.17, 15) is 4.79 Å². The van der Waals surface area contributed by atoms with Gasteiger partial charge in [-0.05, 0) is 30.0 Å². The van der Waals surface area contributed by atoms with Gasteiger partial charge in [-0.1, -0.05) is 24.3 Å². The molecule has 3 rings (SSSR count). The van der Waals surface area contributed by atoms with Crippen LogP contribution >= 0.6 is 0 Å². The highest BCUT2D eigenvalue weighted by atomic mass is 16.1. The number of carbonyl (C=O) groups excluding carboxylic acids is 1. The third kappa shape index (κ3) is 2.37. The quantitative estimate of drug-likeness (QED) is 0.894. The first kappa shape index (κ1) is 12.7. The number of rotatable bonds is 3. The summed E-state index contributed by atoms with van der Waals surface area (Å²) in [5, 5.41) is 6.12. The second kappa shape index (κ2) is 5.33. The summed E-state index contributed by atoms with van der Waals surface area (Å²) in [6.07, 6.45) is 5.07. The molecule has 20 heavy (non-hydrogen) atoms. The number of fused-ring (bicyclic) bond motifs is 1. The van der Waals surface area contributed by atoms with Gasteiger partial charge in [0.2, 0.25) is 0 Å². The van der Waals surface area contributed by atoms with Crippen molar-refractivity contribution in [3.8, 4) is 0 Å². The van der Waals surface area contributed by atoms with Gasteiger partial charge in [-0.3, -0.25) is 9.78 Å². The second-order valence-corrected chi connectivity index (χ2v) is 5.02. The maximum absolute atomic E-state index is 12.3. The first-order valence-electron chi connectivity index (χ1n) is 6.77. The van der Waals surface area contributed by atoms with Crippen molar-refractivity contribution in [2.75, 3.05) is 12.4 Å². The zero-order chi connectivity index (χ0) is 13.9. The fraction of sp³-hybridized carbons (Fsp3) is 0.250. The Balaban J connectivity index is 1.72. The molecule has 0 spiro atoms. The predicted molar refractivity (Wildman–Crippen MR) is 78.9 cm³/mol. The molecule has 2 aromatic rings. The van der Waals surface area contributed by atoms with Gasteiger partial charge in [-0.2, -0.15) is 0 Å². The molecule has 2 N–H and O–H groups in total. The molecule has 0 saturated heterocycles. The molecule has 0 saturated carbocycles. The summed E-state index contributed by atoms with van der Waals surface area (Å²) < 4.78 is 0. The van der Waals surface area contributed by atoms with Gasteiger partial charge in [0.05, 0.1) is 5.56 Å². The zero-order valence-corrected chi connectivity index (χ0v) is 11.4. The van der Waals surface area contributed by atoms with Crippen LogP contribution in [-0.2, 0) is 12.8 Å². The molecule has 0 atom stereocenters. The highest BCUT2D eigenvalue weighted by molar-refractivity contribution is 5.99. The van der Waals surface area contributed by atoms with Gasteiger partial charge in [0, 0.05) is 31.2 Å². The lowest BCUT2D eigenvalue weighted by molar-refractivity contribution is 0.0939. The number of pyridine rings is 1. The van der Waals surface area contributed by atoms with Crippen LogP contribution in [0.1, 0.15) is 21.5 Å². The molecule has 4 heteroatoms. The number of nitrogens with zero attached hydrogens (tertiary/aromatic N) is 1. The van der Waals surface area contributed by atoms with E-state index in [4.69, 9.17) is 0 Å². The Bertz CT molecular complexity index is 614. The van der Waals surface area contributed by atoms with Crippen molar-refractivity contribution in [1.29, 1.82) is 0 Å². The lowest BCUT2D eigenvalue weighted by atomic mass is 10.1. The molecule has 0 fully saturated rings. The van der Waals surface area contributed by atoms with Gasteiger partial charge >= 0.3 is 0 Å². The molecule has 1 aromatic carbocycles. The zero-order valence-electron chi connectivity index (χ0n) is 11.4. The Hall–Kier alpha value is -2.36. The molecule has 1 aromatic heterocycles. The summed E-state index contributed by atoms with van der Waals surface area (Å²) in [6.45, 7) is 0. The summed E-state index contributed by atoms with van der Waals surface area (Å²) in [5.41, 5.74) is 4.05. The maximum Gasteiger partial charge on any atom is 0.255 e. The number of hydrogen-bond donors (Lipinski definition) is 2. The molecule has 0 unspecified atom stereocenters. The Labute approximate surface area is 118 Å². The Morgan fingerprint density at radius 3 is 2.55 bits per heavy atom. The third-order valence-electron chi connectivity index (χ3n) is 3.72. The normalized spacial score (nSPS) is 13.8. The van der Waals surface area contributed by atoms with Crippen LogP contribution in [0.25, 0.3) is 0 Å². The van der Waals surface area contributed by atoms with Crippen molar-refractivity contribution in [2.45, 2.75) is 18.9 Å². The molecular formula is C16H17N3O. The fourth-order valence-electron chi connectivity index (χ4n) is 2.72. The van der Waals surface area contributed by atoms with Gasteiger partial charge in [-0.25, -0.2) is 0 Å². The van der Waals surface area contributed by atoms with Crippen molar-refractivity contribution < 1.29 is 4.79 Å². The minimum absolute atomic E-state index is 0.0692. The number of nitrogens with one attached hydrogen (secondary N) is 2. The van der Waals surface area contributed by atoms with Crippen LogP contribution in [0, 0.1) is 0 Å². The Kier molecular flexibility index (Phi) is 3.37. The molecule has 102 valence electrons. The van der Waals surface area contributed by atoms with E-state index in [1.807, 2.05) is 12.1 Å². The fourth-order valence-corrected chi connectivity index (χ4v) is 2.72. The summed E-state index contributed by atoms with van der Waals surface area (Å²) in [6, 6.07) is 10.3. The van der Waals surface area contributed by atoms with Crippen molar-refractivity contribution >= 4 is 11.6 Å². The van der Waals surface area contributed by atoms with Gasteiger partial charge in [0.1, 0.15) is 0 Å². The Morgan fingerprint density at radius 1 is 1.20 bits per heavy atom. The van der Waals surface area contributed by atoms with Crippen LogP contribution in [0.4, 0.5) is 5.69 Å². The van der Waals surface area contributed by atoms with Crippen molar-refractivity contribution in [2.24, 2.45) is 0 Å². The topological polar surface area (TPSA) is 54.0 Å². The minimum atomic E-state index is -0.0692. The molecule has 0 radical (unpaired) electrons. The van der Waals surface area contributed by atoms with Crippen LogP contribution in [0.5, 0.6) is 0 Å². The second-order valence-electron chi connectivity index (χ2n) is 5.02. The van der Waals surface area contributed by atoms with E-state index in [0.29, 0.717) is 5.56 Å². The maximum atomic E-state index is 12.3. The van der Waals surface area contributed by atoms with E-state index in [0.717, 1.165) is 18.5 Å². The number of hydrogen-bond acceptors (Lipinski definition) is 3.